The van der Waals surface area contributed by atoms with Gasteiger partial charge in [-0.25, -0.2) is 32.0 Å². The van der Waals surface area contributed by atoms with Crippen LogP contribution in [0.5, 0.6) is 0 Å². The molecule has 3 fully saturated rings. The van der Waals surface area contributed by atoms with Gasteiger partial charge in [-0.05, 0) is 19.4 Å². The second kappa shape index (κ2) is 10.4. The van der Waals surface area contributed by atoms with Crippen LogP contribution in [0.1, 0.15) is 25.5 Å². The van der Waals surface area contributed by atoms with Gasteiger partial charge in [0.25, 0.3) is 0 Å². The van der Waals surface area contributed by atoms with Crippen molar-refractivity contribution in [2.75, 3.05) is 19.3 Å². The number of sulfonamides is 1. The Kier molecular flexibility index (Phi) is 8.25. The molecule has 13 nitrogen and oxygen atoms in total. The number of carboxylic acid groups (broad SMARTS) is 1. The number of nitrogens with zero attached hydrogens (tertiary/aromatic N) is 3. The van der Waals surface area contributed by atoms with Crippen molar-refractivity contribution in [3.8, 4) is 0 Å². The van der Waals surface area contributed by atoms with Gasteiger partial charge in [0.1, 0.15) is 23.5 Å². The van der Waals surface area contributed by atoms with Crippen LogP contribution in [0.2, 0.25) is 0 Å². The molecule has 4 rings (SSSR count). The SMILES string of the molecule is CC1(C)SC2C(NC(=O)C(NC(=O)N3CCN(S(C)(=O)=O)C3=O)c3ccccc3)C(=O)N2C1C(=O)O.[NaH]. The standard InChI is InChI=1S/C21H25N5O8S2.Na.H/c1-21(2)14(18(29)30)26-16(28)13(17(26)35-21)22-15(27)12(11-7-5-4-6-8-11)23-19(31)24-9-10-25(20(24)32)36(3,33)34;;/h4-8,12-14,17H,9-10H2,1-3H3,(H,22,27)(H,23,31)(H,29,30);;. The van der Waals surface area contributed by atoms with Crippen molar-refractivity contribution in [2.45, 2.75) is 42.1 Å². The average molecular weight is 564 g/mol. The van der Waals surface area contributed by atoms with Gasteiger partial charge in [-0.15, -0.1) is 11.8 Å². The van der Waals surface area contributed by atoms with Gasteiger partial charge in [-0.2, -0.15) is 0 Å². The third kappa shape index (κ3) is 5.32. The normalized spacial score (nSPS) is 25.1. The molecule has 0 bridgehead atoms. The van der Waals surface area contributed by atoms with Crippen LogP contribution >= 0.6 is 11.8 Å². The van der Waals surface area contributed by atoms with Gasteiger partial charge in [0.05, 0.1) is 19.3 Å². The maximum absolute atomic E-state index is 13.3. The topological polar surface area (TPSA) is 173 Å². The van der Waals surface area contributed by atoms with E-state index in [4.69, 9.17) is 0 Å². The molecule has 3 N–H and O–H groups in total. The second-order valence-corrected chi connectivity index (χ2v) is 12.8. The van der Waals surface area contributed by atoms with Crippen LogP contribution in [0, 0.1) is 0 Å². The van der Waals surface area contributed by atoms with Crippen molar-refractivity contribution in [3.05, 3.63) is 35.9 Å². The number of carbonyl (C=O) groups excluding carboxylic acids is 4. The number of hydrogen-bond acceptors (Lipinski definition) is 8. The first-order chi connectivity index (χ1) is 16.7. The molecule has 1 aromatic rings. The Balaban J connectivity index is 0.00000380. The molecule has 4 unspecified atom stereocenters. The zero-order valence-corrected chi connectivity index (χ0v) is 21.2. The first-order valence-corrected chi connectivity index (χ1v) is 13.6. The predicted octanol–water partition coefficient (Wildman–Crippen LogP) is -0.882. The molecule has 1 aromatic carbocycles. The number of nitrogens with one attached hydrogen (secondary N) is 2. The van der Waals surface area contributed by atoms with Crippen LogP contribution in [0.25, 0.3) is 0 Å². The quantitative estimate of drug-likeness (QED) is 0.293. The van der Waals surface area contributed by atoms with Crippen LogP contribution in [0.3, 0.4) is 0 Å². The van der Waals surface area contributed by atoms with E-state index >= 15 is 0 Å². The molecule has 196 valence electrons. The summed E-state index contributed by atoms with van der Waals surface area (Å²) in [6, 6.07) is 2.76. The summed E-state index contributed by atoms with van der Waals surface area (Å²) in [6.07, 6.45) is 0.850. The average Bonchev–Trinajstić information content (AvgIpc) is 3.31. The van der Waals surface area contributed by atoms with Crippen LogP contribution in [0.4, 0.5) is 9.59 Å². The Hall–Kier alpha value is -2.33. The van der Waals surface area contributed by atoms with Gasteiger partial charge in [-0.1, -0.05) is 30.3 Å². The minimum atomic E-state index is -3.87. The summed E-state index contributed by atoms with van der Waals surface area (Å²) in [6.45, 7) is 3.02. The van der Waals surface area contributed by atoms with Gasteiger partial charge < -0.3 is 20.6 Å². The van der Waals surface area contributed by atoms with E-state index in [0.717, 1.165) is 6.26 Å². The van der Waals surface area contributed by atoms with Gasteiger partial charge >= 0.3 is 47.6 Å². The van der Waals surface area contributed by atoms with Crippen molar-refractivity contribution in [2.24, 2.45) is 0 Å². The molecule has 3 heterocycles. The number of amides is 6. The third-order valence-electron chi connectivity index (χ3n) is 6.25. The van der Waals surface area contributed by atoms with E-state index in [9.17, 15) is 37.5 Å². The number of aliphatic carboxylic acids is 1. The summed E-state index contributed by atoms with van der Waals surface area (Å²) >= 11 is 1.26. The number of hydrogen-bond donors (Lipinski definition) is 3. The summed E-state index contributed by atoms with van der Waals surface area (Å²) in [5.41, 5.74) is 0.362. The van der Waals surface area contributed by atoms with Gasteiger partial charge in [0, 0.05) is 4.75 Å². The van der Waals surface area contributed by atoms with E-state index in [1.54, 1.807) is 44.2 Å². The Bertz CT molecular complexity index is 1240. The van der Waals surface area contributed by atoms with Crippen LogP contribution in [0.15, 0.2) is 30.3 Å². The summed E-state index contributed by atoms with van der Waals surface area (Å²) in [4.78, 5) is 65.0. The molecule has 0 aliphatic carbocycles. The molecule has 6 amide bonds. The third-order valence-corrected chi connectivity index (χ3v) is 8.96. The van der Waals surface area contributed by atoms with Crippen molar-refractivity contribution in [1.29, 1.82) is 0 Å². The Morgan fingerprint density at radius 1 is 1.14 bits per heavy atom. The molecule has 0 aromatic heterocycles. The van der Waals surface area contributed by atoms with Gasteiger partial charge in [0.2, 0.25) is 21.8 Å². The molecule has 3 aliphatic heterocycles. The number of β-lactam (4-membered cyclic amide) rings is 1. The number of rotatable bonds is 6. The van der Waals surface area contributed by atoms with E-state index in [1.165, 1.54) is 16.7 Å². The molecule has 4 atom stereocenters. The van der Waals surface area contributed by atoms with Gasteiger partial charge in [-0.3, -0.25) is 9.59 Å². The molecule has 3 saturated heterocycles. The molecule has 0 radical (unpaired) electrons. The van der Waals surface area contributed by atoms with Gasteiger partial charge in [0.15, 0.2) is 0 Å². The van der Waals surface area contributed by atoms with E-state index < -0.39 is 68.1 Å². The molecule has 0 saturated carbocycles. The van der Waals surface area contributed by atoms with E-state index in [-0.39, 0.29) is 42.6 Å². The predicted molar refractivity (Wildman–Crippen MR) is 134 cm³/mol. The second-order valence-electron chi connectivity index (χ2n) is 9.15. The fraction of sp³-hybridized carbons (Fsp3) is 0.476. The number of fused-ring (bicyclic) bond motifs is 1. The molecule has 3 aliphatic rings. The number of thioether (sulfide) groups is 1. The van der Waals surface area contributed by atoms with Crippen LogP contribution < -0.4 is 10.6 Å². The molecular formula is C21H26N5NaO8S2. The van der Waals surface area contributed by atoms with Crippen LogP contribution in [-0.2, 0) is 24.4 Å². The number of imide groups is 1. The molecular weight excluding hydrogens is 537 g/mol. The van der Waals surface area contributed by atoms with Crippen molar-refractivity contribution < 1.29 is 37.5 Å². The van der Waals surface area contributed by atoms with E-state index in [2.05, 4.69) is 10.6 Å². The zero-order chi connectivity index (χ0) is 26.6. The maximum atomic E-state index is 13.3. The molecule has 0 spiro atoms. The molecule has 16 heteroatoms. The Labute approximate surface area is 239 Å². The summed E-state index contributed by atoms with van der Waals surface area (Å²) in [7, 11) is -3.87. The van der Waals surface area contributed by atoms with Crippen molar-refractivity contribution >= 4 is 81.2 Å². The Morgan fingerprint density at radius 3 is 2.30 bits per heavy atom. The fourth-order valence-electron chi connectivity index (χ4n) is 4.54. The first-order valence-electron chi connectivity index (χ1n) is 10.9. The fourth-order valence-corrected chi connectivity index (χ4v) is 6.96. The van der Waals surface area contributed by atoms with E-state index in [1.807, 2.05) is 0 Å². The summed E-state index contributed by atoms with van der Waals surface area (Å²) in [5.74, 6) is -2.42. The Morgan fingerprint density at radius 2 is 1.76 bits per heavy atom. The first kappa shape index (κ1) is 29.2. The summed E-state index contributed by atoms with van der Waals surface area (Å²) < 4.78 is 23.3. The van der Waals surface area contributed by atoms with Crippen molar-refractivity contribution in [3.63, 3.8) is 0 Å². The minimum absolute atomic E-state index is 0. The van der Waals surface area contributed by atoms with E-state index in [0.29, 0.717) is 14.8 Å². The van der Waals surface area contributed by atoms with Crippen molar-refractivity contribution in [1.82, 2.24) is 24.7 Å². The number of benzene rings is 1. The monoisotopic (exact) mass is 563 g/mol. The number of urea groups is 2. The molecule has 37 heavy (non-hydrogen) atoms. The number of carboxylic acids is 1. The number of carbonyl (C=O) groups is 5. The summed E-state index contributed by atoms with van der Waals surface area (Å²) in [5, 5.41) is 14.0. The zero-order valence-electron chi connectivity index (χ0n) is 19.6. The van der Waals surface area contributed by atoms with Crippen LogP contribution in [-0.4, -0.2) is 129 Å².